The summed E-state index contributed by atoms with van der Waals surface area (Å²) < 4.78 is 0. The first kappa shape index (κ1) is 15.4. The summed E-state index contributed by atoms with van der Waals surface area (Å²) in [5, 5.41) is 3.35. The van der Waals surface area contributed by atoms with Gasteiger partial charge in [-0.1, -0.05) is 13.8 Å². The highest BCUT2D eigenvalue weighted by molar-refractivity contribution is 5.76. The number of likely N-dealkylation sites (tertiary alicyclic amines) is 1. The molecule has 1 aliphatic rings. The minimum absolute atomic E-state index is 0.326. The minimum atomic E-state index is 0.326. The zero-order chi connectivity index (χ0) is 13.5. The quantitative estimate of drug-likeness (QED) is 0.727. The van der Waals surface area contributed by atoms with Crippen LogP contribution in [0.4, 0.5) is 0 Å². The molecule has 1 amide bonds. The fourth-order valence-corrected chi connectivity index (χ4v) is 2.39. The molecule has 1 rings (SSSR count). The summed E-state index contributed by atoms with van der Waals surface area (Å²) >= 11 is 0. The molecule has 4 nitrogen and oxygen atoms in total. The summed E-state index contributed by atoms with van der Waals surface area (Å²) in [6.07, 6.45) is 3.98. The molecular weight excluding hydrogens is 226 g/mol. The van der Waals surface area contributed by atoms with E-state index in [0.717, 1.165) is 32.5 Å². The Balaban J connectivity index is 2.24. The number of nitrogens with one attached hydrogen (secondary N) is 1. The van der Waals surface area contributed by atoms with Crippen LogP contribution in [0.5, 0.6) is 0 Å². The Kier molecular flexibility index (Phi) is 6.65. The summed E-state index contributed by atoms with van der Waals surface area (Å²) in [7, 11) is 4.20. The third kappa shape index (κ3) is 5.36. The van der Waals surface area contributed by atoms with E-state index in [0.29, 0.717) is 24.4 Å². The van der Waals surface area contributed by atoms with Crippen molar-refractivity contribution in [3.63, 3.8) is 0 Å². The molecule has 0 spiro atoms. The number of hydrogen-bond acceptors (Lipinski definition) is 3. The number of piperidine rings is 1. The molecule has 4 heteroatoms. The molecule has 0 aromatic heterocycles. The lowest BCUT2D eigenvalue weighted by atomic mass is 10.0. The third-order valence-electron chi connectivity index (χ3n) is 3.60. The van der Waals surface area contributed by atoms with Crippen molar-refractivity contribution in [2.75, 3.05) is 33.7 Å². The minimum Gasteiger partial charge on any atom is -0.341 e. The molecule has 1 heterocycles. The lowest BCUT2D eigenvalue weighted by Crippen LogP contribution is -2.47. The first-order valence-corrected chi connectivity index (χ1v) is 7.18. The predicted octanol–water partition coefficient (Wildman–Crippen LogP) is 1.32. The number of hydrogen-bond donors (Lipinski definition) is 1. The van der Waals surface area contributed by atoms with Gasteiger partial charge in [0, 0.05) is 31.6 Å². The van der Waals surface area contributed by atoms with Gasteiger partial charge in [0.05, 0.1) is 0 Å². The fraction of sp³-hybridized carbons (Fsp3) is 0.929. The molecule has 106 valence electrons. The van der Waals surface area contributed by atoms with Crippen molar-refractivity contribution in [3.05, 3.63) is 0 Å². The molecule has 1 aliphatic heterocycles. The van der Waals surface area contributed by atoms with Crippen LogP contribution in [-0.2, 0) is 4.79 Å². The average molecular weight is 255 g/mol. The van der Waals surface area contributed by atoms with Gasteiger partial charge in [0.1, 0.15) is 0 Å². The van der Waals surface area contributed by atoms with E-state index in [-0.39, 0.29) is 0 Å². The molecule has 1 unspecified atom stereocenters. The number of amides is 1. The van der Waals surface area contributed by atoms with Gasteiger partial charge in [-0.25, -0.2) is 0 Å². The van der Waals surface area contributed by atoms with Crippen molar-refractivity contribution < 1.29 is 4.79 Å². The Morgan fingerprint density at radius 2 is 2.17 bits per heavy atom. The number of nitrogens with zero attached hydrogens (tertiary/aromatic N) is 2. The van der Waals surface area contributed by atoms with Gasteiger partial charge in [0.25, 0.3) is 0 Å². The number of carbonyl (C=O) groups is 1. The molecule has 0 aromatic carbocycles. The average Bonchev–Trinajstić information content (AvgIpc) is 2.34. The van der Waals surface area contributed by atoms with Gasteiger partial charge in [0.15, 0.2) is 0 Å². The number of carbonyl (C=O) groups excluding carboxylic acids is 1. The summed E-state index contributed by atoms with van der Waals surface area (Å²) in [6, 6.07) is 1.05. The molecule has 0 bridgehead atoms. The van der Waals surface area contributed by atoms with Crippen LogP contribution in [0, 0.1) is 0 Å². The highest BCUT2D eigenvalue weighted by Gasteiger charge is 2.24. The normalized spacial score (nSPS) is 20.8. The van der Waals surface area contributed by atoms with Gasteiger partial charge in [0.2, 0.25) is 5.91 Å². The summed E-state index contributed by atoms with van der Waals surface area (Å²) in [5.41, 5.74) is 0. The van der Waals surface area contributed by atoms with Gasteiger partial charge in [-0.05, 0) is 39.9 Å². The van der Waals surface area contributed by atoms with Gasteiger partial charge in [-0.3, -0.25) is 4.79 Å². The Hall–Kier alpha value is -0.610. The van der Waals surface area contributed by atoms with E-state index in [4.69, 9.17) is 0 Å². The standard InChI is InChI=1S/C14H29N3O/c1-12(2)15-9-5-8-14(18)17-10-6-7-13(11-17)16(3)4/h12-13,15H,5-11H2,1-4H3. The third-order valence-corrected chi connectivity index (χ3v) is 3.60. The van der Waals surface area contributed by atoms with E-state index < -0.39 is 0 Å². The van der Waals surface area contributed by atoms with Crippen molar-refractivity contribution in [3.8, 4) is 0 Å². The molecule has 0 radical (unpaired) electrons. The van der Waals surface area contributed by atoms with Crippen molar-refractivity contribution in [2.45, 2.75) is 51.6 Å². The molecule has 0 aliphatic carbocycles. The second kappa shape index (κ2) is 7.74. The second-order valence-electron chi connectivity index (χ2n) is 5.81. The number of rotatable bonds is 6. The lowest BCUT2D eigenvalue weighted by molar-refractivity contribution is -0.133. The lowest BCUT2D eigenvalue weighted by Gasteiger charge is -2.36. The highest BCUT2D eigenvalue weighted by Crippen LogP contribution is 2.14. The van der Waals surface area contributed by atoms with Crippen molar-refractivity contribution >= 4 is 5.91 Å². The molecule has 1 N–H and O–H groups in total. The van der Waals surface area contributed by atoms with E-state index >= 15 is 0 Å². The Labute approximate surface area is 112 Å². The summed E-state index contributed by atoms with van der Waals surface area (Å²) in [6.45, 7) is 7.06. The maximum atomic E-state index is 12.1. The van der Waals surface area contributed by atoms with E-state index in [1.165, 1.54) is 6.42 Å². The van der Waals surface area contributed by atoms with Crippen LogP contribution >= 0.6 is 0 Å². The van der Waals surface area contributed by atoms with Crippen LogP contribution in [0.1, 0.15) is 39.5 Å². The van der Waals surface area contributed by atoms with E-state index in [9.17, 15) is 4.79 Å². The van der Waals surface area contributed by atoms with Crippen LogP contribution in [0.2, 0.25) is 0 Å². The maximum Gasteiger partial charge on any atom is 0.222 e. The number of likely N-dealkylation sites (N-methyl/N-ethyl adjacent to an activating group) is 1. The van der Waals surface area contributed by atoms with E-state index in [1.54, 1.807) is 0 Å². The molecule has 0 saturated carbocycles. The van der Waals surface area contributed by atoms with Gasteiger partial charge >= 0.3 is 0 Å². The van der Waals surface area contributed by atoms with Crippen LogP contribution in [0.25, 0.3) is 0 Å². The zero-order valence-corrected chi connectivity index (χ0v) is 12.4. The van der Waals surface area contributed by atoms with Gasteiger partial charge in [-0.2, -0.15) is 0 Å². The Morgan fingerprint density at radius 3 is 2.78 bits per heavy atom. The van der Waals surface area contributed by atoms with E-state index in [2.05, 4.69) is 38.2 Å². The van der Waals surface area contributed by atoms with Gasteiger partial charge < -0.3 is 15.1 Å². The summed E-state index contributed by atoms with van der Waals surface area (Å²) in [4.78, 5) is 16.4. The molecule has 1 atom stereocenters. The Bertz CT molecular complexity index is 253. The topological polar surface area (TPSA) is 35.6 Å². The SMILES string of the molecule is CC(C)NCCCC(=O)N1CCCC(N(C)C)C1. The van der Waals surface area contributed by atoms with Crippen LogP contribution in [0.15, 0.2) is 0 Å². The van der Waals surface area contributed by atoms with Crippen molar-refractivity contribution in [2.24, 2.45) is 0 Å². The Morgan fingerprint density at radius 1 is 1.44 bits per heavy atom. The van der Waals surface area contributed by atoms with Crippen molar-refractivity contribution in [1.82, 2.24) is 15.1 Å². The monoisotopic (exact) mass is 255 g/mol. The maximum absolute atomic E-state index is 12.1. The molecule has 0 aromatic rings. The highest BCUT2D eigenvalue weighted by atomic mass is 16.2. The zero-order valence-electron chi connectivity index (χ0n) is 12.4. The molecule has 18 heavy (non-hydrogen) atoms. The van der Waals surface area contributed by atoms with Gasteiger partial charge in [-0.15, -0.1) is 0 Å². The first-order valence-electron chi connectivity index (χ1n) is 7.18. The smallest absolute Gasteiger partial charge is 0.222 e. The van der Waals surface area contributed by atoms with Crippen LogP contribution in [0.3, 0.4) is 0 Å². The van der Waals surface area contributed by atoms with Crippen LogP contribution < -0.4 is 5.32 Å². The second-order valence-corrected chi connectivity index (χ2v) is 5.81. The molecule has 1 saturated heterocycles. The predicted molar refractivity (Wildman–Crippen MR) is 75.7 cm³/mol. The molecule has 1 fully saturated rings. The van der Waals surface area contributed by atoms with Crippen LogP contribution in [-0.4, -0.2) is 61.5 Å². The van der Waals surface area contributed by atoms with E-state index in [1.807, 2.05) is 4.90 Å². The first-order chi connectivity index (χ1) is 8.50. The fourth-order valence-electron chi connectivity index (χ4n) is 2.39. The summed E-state index contributed by atoms with van der Waals surface area (Å²) in [5.74, 6) is 0.326. The molecular formula is C14H29N3O. The van der Waals surface area contributed by atoms with Crippen molar-refractivity contribution in [1.29, 1.82) is 0 Å². The largest absolute Gasteiger partial charge is 0.341 e.